The first-order valence-electron chi connectivity index (χ1n) is 13.2. The van der Waals surface area contributed by atoms with Gasteiger partial charge in [-0.3, -0.25) is 23.7 Å². The summed E-state index contributed by atoms with van der Waals surface area (Å²) in [6, 6.07) is 14.2. The number of ether oxygens (including phenoxy) is 2. The van der Waals surface area contributed by atoms with E-state index in [2.05, 4.69) is 0 Å². The van der Waals surface area contributed by atoms with Crippen LogP contribution in [0.15, 0.2) is 58.4 Å². The number of carbonyl (C=O) groups is 3. The van der Waals surface area contributed by atoms with Crippen molar-refractivity contribution in [1.29, 1.82) is 0 Å². The lowest BCUT2D eigenvalue weighted by Crippen LogP contribution is -2.39. The van der Waals surface area contributed by atoms with Gasteiger partial charge in [0, 0.05) is 23.9 Å². The summed E-state index contributed by atoms with van der Waals surface area (Å²) in [5, 5.41) is -0.139. The molecule has 6 rings (SSSR count). The summed E-state index contributed by atoms with van der Waals surface area (Å²) in [4.78, 5) is 57.8. The molecule has 4 heterocycles. The number of aromatic nitrogens is 1. The predicted molar refractivity (Wildman–Crippen MR) is 152 cm³/mol. The highest BCUT2D eigenvalue weighted by atomic mass is 32.2. The summed E-state index contributed by atoms with van der Waals surface area (Å²) in [6.45, 7) is 1.31. The number of rotatable bonds is 6. The number of fused-ring (bicyclic) bond motifs is 2. The maximum atomic E-state index is 14.0. The molecule has 3 aliphatic heterocycles. The van der Waals surface area contributed by atoms with Crippen molar-refractivity contribution in [3.8, 4) is 11.5 Å². The van der Waals surface area contributed by atoms with Crippen molar-refractivity contribution >= 4 is 46.5 Å². The molecular formula is C29H29N3O6S2. The van der Waals surface area contributed by atoms with E-state index in [0.29, 0.717) is 40.2 Å². The standard InChI is InChI=1S/C29H29N3O6S2/c1-37-19-10-6-17(7-11-19)22-23-24(27(35)32(26(23)34)18-8-12-20(38-2)13-9-18)39-28-25(22)40-29(36)31(28)16-21(33)30-14-4-3-5-15-30/h6-13,22-24H,3-5,14-16H2,1-2H3/t22-,23-,24+/m0/s1. The van der Waals surface area contributed by atoms with Crippen molar-refractivity contribution in [1.82, 2.24) is 9.47 Å². The van der Waals surface area contributed by atoms with Crippen molar-refractivity contribution in [3.05, 3.63) is 68.6 Å². The molecule has 3 aromatic rings. The van der Waals surface area contributed by atoms with Crippen LogP contribution in [0.3, 0.4) is 0 Å². The fourth-order valence-electron chi connectivity index (χ4n) is 5.79. The highest BCUT2D eigenvalue weighted by Crippen LogP contribution is 2.54. The number of thioether (sulfide) groups is 1. The third-order valence-electron chi connectivity index (χ3n) is 7.86. The second-order valence-electron chi connectivity index (χ2n) is 10.1. The van der Waals surface area contributed by atoms with E-state index in [9.17, 15) is 19.2 Å². The van der Waals surface area contributed by atoms with Crippen LogP contribution in [0.1, 0.15) is 35.6 Å². The van der Waals surface area contributed by atoms with Gasteiger partial charge < -0.3 is 14.4 Å². The van der Waals surface area contributed by atoms with Crippen LogP contribution in [0.4, 0.5) is 5.69 Å². The number of anilines is 1. The van der Waals surface area contributed by atoms with Crippen LogP contribution in [0, 0.1) is 5.92 Å². The van der Waals surface area contributed by atoms with Crippen LogP contribution >= 0.6 is 23.1 Å². The van der Waals surface area contributed by atoms with Gasteiger partial charge in [0.15, 0.2) is 0 Å². The van der Waals surface area contributed by atoms with E-state index < -0.39 is 17.1 Å². The molecule has 2 aromatic carbocycles. The molecule has 2 fully saturated rings. The predicted octanol–water partition coefficient (Wildman–Crippen LogP) is 3.74. The van der Waals surface area contributed by atoms with E-state index in [-0.39, 0.29) is 29.1 Å². The van der Waals surface area contributed by atoms with Gasteiger partial charge in [-0.2, -0.15) is 0 Å². The van der Waals surface area contributed by atoms with Gasteiger partial charge in [-0.25, -0.2) is 4.90 Å². The lowest BCUT2D eigenvalue weighted by atomic mass is 9.83. The molecular weight excluding hydrogens is 550 g/mol. The quantitative estimate of drug-likeness (QED) is 0.411. The maximum Gasteiger partial charge on any atom is 0.308 e. The third-order valence-corrected chi connectivity index (χ3v) is 10.5. The minimum Gasteiger partial charge on any atom is -0.497 e. The molecule has 0 N–H and O–H groups in total. The van der Waals surface area contributed by atoms with E-state index in [0.717, 1.165) is 36.2 Å². The number of methoxy groups -OCH3 is 2. The second kappa shape index (κ2) is 10.8. The Morgan fingerprint density at radius 3 is 2.12 bits per heavy atom. The molecule has 2 saturated heterocycles. The summed E-state index contributed by atoms with van der Waals surface area (Å²) >= 11 is 2.29. The first-order chi connectivity index (χ1) is 19.4. The van der Waals surface area contributed by atoms with Crippen molar-refractivity contribution < 1.29 is 23.9 Å². The first-order valence-corrected chi connectivity index (χ1v) is 14.9. The number of hydrogen-bond donors (Lipinski definition) is 0. The summed E-state index contributed by atoms with van der Waals surface area (Å²) in [7, 11) is 3.14. The van der Waals surface area contributed by atoms with Gasteiger partial charge in [0.05, 0.1) is 30.9 Å². The SMILES string of the molecule is COc1ccc([C@@H]2c3sc(=O)n(CC(=O)N4CCCCC4)c3S[C@H]3C(=O)N(c4ccc(OC)cc4)C(=O)[C@@H]23)cc1. The number of hydrogen-bond acceptors (Lipinski definition) is 8. The summed E-state index contributed by atoms with van der Waals surface area (Å²) in [5.74, 6) is -0.675. The minimum absolute atomic E-state index is 0.0747. The van der Waals surface area contributed by atoms with Gasteiger partial charge in [-0.15, -0.1) is 0 Å². The van der Waals surface area contributed by atoms with Crippen LogP contribution in [0.5, 0.6) is 11.5 Å². The first kappa shape index (κ1) is 26.6. The van der Waals surface area contributed by atoms with Crippen molar-refractivity contribution in [3.63, 3.8) is 0 Å². The van der Waals surface area contributed by atoms with Gasteiger partial charge >= 0.3 is 4.87 Å². The number of carbonyl (C=O) groups excluding carboxylic acids is 3. The maximum absolute atomic E-state index is 14.0. The average Bonchev–Trinajstić information content (AvgIpc) is 3.43. The number of benzene rings is 2. The number of likely N-dealkylation sites (tertiary alicyclic amines) is 1. The molecule has 0 saturated carbocycles. The molecule has 40 heavy (non-hydrogen) atoms. The molecule has 3 aliphatic rings. The molecule has 208 valence electrons. The Morgan fingerprint density at radius 2 is 1.50 bits per heavy atom. The molecule has 0 radical (unpaired) electrons. The molecule has 1 aromatic heterocycles. The lowest BCUT2D eigenvalue weighted by molar-refractivity contribution is -0.133. The summed E-state index contributed by atoms with van der Waals surface area (Å²) in [6.07, 6.45) is 3.01. The largest absolute Gasteiger partial charge is 0.497 e. The van der Waals surface area contributed by atoms with E-state index >= 15 is 0 Å². The van der Waals surface area contributed by atoms with Crippen LogP contribution < -0.4 is 19.2 Å². The topological polar surface area (TPSA) is 98.2 Å². The Hall–Kier alpha value is -3.57. The zero-order chi connectivity index (χ0) is 28.0. The Labute approximate surface area is 239 Å². The number of imide groups is 1. The van der Waals surface area contributed by atoms with Gasteiger partial charge in [-0.05, 0) is 61.2 Å². The van der Waals surface area contributed by atoms with E-state index in [1.807, 2.05) is 29.2 Å². The van der Waals surface area contributed by atoms with Gasteiger partial charge in [0.25, 0.3) is 0 Å². The van der Waals surface area contributed by atoms with Crippen LogP contribution in [-0.2, 0) is 20.9 Å². The fraction of sp³-hybridized carbons (Fsp3) is 0.379. The molecule has 0 spiro atoms. The lowest BCUT2D eigenvalue weighted by Gasteiger charge is -2.31. The zero-order valence-corrected chi connectivity index (χ0v) is 23.8. The Balaban J connectivity index is 1.42. The second-order valence-corrected chi connectivity index (χ2v) is 12.2. The molecule has 9 nitrogen and oxygen atoms in total. The molecule has 3 atom stereocenters. The monoisotopic (exact) mass is 579 g/mol. The molecule has 0 bridgehead atoms. The zero-order valence-electron chi connectivity index (χ0n) is 22.2. The molecule has 11 heteroatoms. The Kier molecular flexibility index (Phi) is 7.18. The summed E-state index contributed by atoms with van der Waals surface area (Å²) in [5.41, 5.74) is 1.28. The fourth-order valence-corrected chi connectivity index (χ4v) is 8.56. The number of thiazole rings is 1. The van der Waals surface area contributed by atoms with E-state index in [4.69, 9.17) is 9.47 Å². The Morgan fingerprint density at radius 1 is 0.875 bits per heavy atom. The minimum atomic E-state index is -0.737. The van der Waals surface area contributed by atoms with Crippen molar-refractivity contribution in [2.45, 2.75) is 42.0 Å². The number of piperidine rings is 1. The summed E-state index contributed by atoms with van der Waals surface area (Å²) < 4.78 is 12.1. The molecule has 0 aliphatic carbocycles. The Bertz CT molecular complexity index is 1510. The average molecular weight is 580 g/mol. The number of amides is 3. The van der Waals surface area contributed by atoms with Gasteiger partial charge in [0.1, 0.15) is 23.3 Å². The molecule has 0 unspecified atom stereocenters. The van der Waals surface area contributed by atoms with Crippen molar-refractivity contribution in [2.75, 3.05) is 32.2 Å². The van der Waals surface area contributed by atoms with Gasteiger partial charge in [0.2, 0.25) is 17.7 Å². The van der Waals surface area contributed by atoms with E-state index in [1.165, 1.54) is 21.2 Å². The van der Waals surface area contributed by atoms with Crippen LogP contribution in [0.25, 0.3) is 0 Å². The molecule has 3 amide bonds. The van der Waals surface area contributed by atoms with Gasteiger partial charge in [-0.1, -0.05) is 35.2 Å². The van der Waals surface area contributed by atoms with Crippen LogP contribution in [-0.4, -0.2) is 59.7 Å². The van der Waals surface area contributed by atoms with E-state index in [1.54, 1.807) is 38.5 Å². The number of nitrogens with zero attached hydrogens (tertiary/aromatic N) is 3. The highest BCUT2D eigenvalue weighted by molar-refractivity contribution is 8.00. The smallest absolute Gasteiger partial charge is 0.308 e. The third kappa shape index (κ3) is 4.50. The highest BCUT2D eigenvalue weighted by Gasteiger charge is 2.56. The van der Waals surface area contributed by atoms with Crippen molar-refractivity contribution in [2.24, 2.45) is 5.92 Å². The normalized spacial score (nSPS) is 22.2. The van der Waals surface area contributed by atoms with Crippen LogP contribution in [0.2, 0.25) is 0 Å².